The van der Waals surface area contributed by atoms with E-state index < -0.39 is 6.10 Å². The molecular formula is C20H28BrCl2N3O2. The lowest BCUT2D eigenvalue weighted by Gasteiger charge is -2.22. The van der Waals surface area contributed by atoms with Crippen LogP contribution >= 0.6 is 39.1 Å². The van der Waals surface area contributed by atoms with Gasteiger partial charge in [0.25, 0.3) is 0 Å². The van der Waals surface area contributed by atoms with Gasteiger partial charge in [0.15, 0.2) is 11.6 Å². The van der Waals surface area contributed by atoms with Crippen LogP contribution in [0.5, 0.6) is 11.5 Å². The molecule has 0 radical (unpaired) electrons. The van der Waals surface area contributed by atoms with Crippen molar-refractivity contribution >= 4 is 44.9 Å². The van der Waals surface area contributed by atoms with Crippen LogP contribution < -0.4 is 15.2 Å². The Hall–Kier alpha value is -1.21. The van der Waals surface area contributed by atoms with Crippen LogP contribution in [0.2, 0.25) is 10.0 Å². The number of halogens is 3. The third-order valence-electron chi connectivity index (χ3n) is 3.74. The van der Waals surface area contributed by atoms with E-state index in [1.54, 1.807) is 12.3 Å². The zero-order valence-electron chi connectivity index (χ0n) is 17.1. The lowest BCUT2D eigenvalue weighted by molar-refractivity contribution is 0.225. The highest BCUT2D eigenvalue weighted by Crippen LogP contribution is 2.41. The van der Waals surface area contributed by atoms with Crippen LogP contribution in [0.3, 0.4) is 0 Å². The van der Waals surface area contributed by atoms with E-state index in [4.69, 9.17) is 38.4 Å². The van der Waals surface area contributed by atoms with Crippen LogP contribution in [-0.4, -0.2) is 37.1 Å². The van der Waals surface area contributed by atoms with E-state index in [-0.39, 0.29) is 0 Å². The number of likely N-dealkylation sites (N-methyl/N-ethyl adjacent to an activating group) is 1. The molecule has 5 nitrogen and oxygen atoms in total. The third-order valence-corrected chi connectivity index (χ3v) is 5.06. The van der Waals surface area contributed by atoms with Crippen molar-refractivity contribution in [1.29, 1.82) is 0 Å². The zero-order chi connectivity index (χ0) is 21.4. The maximum atomic E-state index is 6.57. The quantitative estimate of drug-likeness (QED) is 0.502. The van der Waals surface area contributed by atoms with Crippen molar-refractivity contribution in [2.75, 3.05) is 33.0 Å². The summed E-state index contributed by atoms with van der Waals surface area (Å²) in [5.74, 6) is 1.33. The van der Waals surface area contributed by atoms with Gasteiger partial charge in [0.2, 0.25) is 0 Å². The molecule has 0 saturated carbocycles. The summed E-state index contributed by atoms with van der Waals surface area (Å²) >= 11 is 16.4. The molecule has 1 atom stereocenters. The average molecular weight is 493 g/mol. The summed E-state index contributed by atoms with van der Waals surface area (Å²) in [5.41, 5.74) is 7.42. The van der Waals surface area contributed by atoms with Crippen LogP contribution in [0.4, 0.5) is 5.82 Å². The van der Waals surface area contributed by atoms with Crippen LogP contribution in [0.25, 0.3) is 0 Å². The van der Waals surface area contributed by atoms with Crippen LogP contribution in [0, 0.1) is 6.92 Å². The third kappa shape index (κ3) is 6.69. The number of ether oxygens (including phenoxy) is 2. The number of nitrogen functional groups attached to an aromatic ring is 1. The molecule has 0 bridgehead atoms. The number of aromatic nitrogens is 1. The fourth-order valence-electron chi connectivity index (χ4n) is 2.34. The molecular weight excluding hydrogens is 465 g/mol. The van der Waals surface area contributed by atoms with Crippen molar-refractivity contribution in [1.82, 2.24) is 9.88 Å². The molecule has 0 fully saturated rings. The van der Waals surface area contributed by atoms with Gasteiger partial charge < -0.3 is 20.1 Å². The van der Waals surface area contributed by atoms with Gasteiger partial charge in [-0.1, -0.05) is 37.0 Å². The van der Waals surface area contributed by atoms with Crippen LogP contribution in [0.1, 0.15) is 38.0 Å². The topological polar surface area (TPSA) is 60.6 Å². The predicted molar refractivity (Wildman–Crippen MR) is 122 cm³/mol. The Morgan fingerprint density at radius 1 is 1.18 bits per heavy atom. The second-order valence-corrected chi connectivity index (χ2v) is 7.85. The molecule has 0 aliphatic carbocycles. The van der Waals surface area contributed by atoms with E-state index >= 15 is 0 Å². The number of nitrogens with two attached hydrogens (primary N) is 1. The standard InChI is InChI=1S/C18H22BrCl2N3O2.C2H6/c1-10-7-13(25-6-5-24(3)4)17(21)15(16(10)20)11(2)26-14-8-12(19)9-23-18(14)22;1-2/h7-9,11H,5-6H2,1-4H3,(H2,22,23);1-2H3. The highest BCUT2D eigenvalue weighted by atomic mass is 79.9. The summed E-state index contributed by atoms with van der Waals surface area (Å²) < 4.78 is 12.6. The summed E-state index contributed by atoms with van der Waals surface area (Å²) in [4.78, 5) is 6.11. The van der Waals surface area contributed by atoms with Gasteiger partial charge in [0.1, 0.15) is 18.5 Å². The molecule has 2 aromatic rings. The molecule has 0 aliphatic heterocycles. The van der Waals surface area contributed by atoms with Gasteiger partial charge in [-0.25, -0.2) is 4.98 Å². The summed E-state index contributed by atoms with van der Waals surface area (Å²) in [5, 5.41) is 0.984. The summed E-state index contributed by atoms with van der Waals surface area (Å²) in [6.07, 6.45) is 1.17. The van der Waals surface area contributed by atoms with Crippen LogP contribution in [0.15, 0.2) is 22.8 Å². The number of hydrogen-bond donors (Lipinski definition) is 1. The fourth-order valence-corrected chi connectivity index (χ4v) is 3.36. The van der Waals surface area contributed by atoms with E-state index in [0.29, 0.717) is 39.5 Å². The van der Waals surface area contributed by atoms with E-state index in [2.05, 4.69) is 20.9 Å². The van der Waals surface area contributed by atoms with E-state index in [1.807, 2.05) is 52.8 Å². The van der Waals surface area contributed by atoms with Gasteiger partial charge in [-0.2, -0.15) is 0 Å². The van der Waals surface area contributed by atoms with Gasteiger partial charge in [-0.15, -0.1) is 0 Å². The maximum absolute atomic E-state index is 6.57. The van der Waals surface area contributed by atoms with Gasteiger partial charge in [0.05, 0.1) is 10.0 Å². The minimum Gasteiger partial charge on any atom is -0.491 e. The summed E-state index contributed by atoms with van der Waals surface area (Å²) in [6.45, 7) is 9.06. The van der Waals surface area contributed by atoms with Crippen molar-refractivity contribution < 1.29 is 9.47 Å². The number of aryl methyl sites for hydroxylation is 1. The van der Waals surface area contributed by atoms with E-state index in [9.17, 15) is 0 Å². The molecule has 1 aromatic heterocycles. The SMILES string of the molecule is CC.Cc1cc(OCCN(C)C)c(Cl)c(C(C)Oc2cc(Br)cnc2N)c1Cl. The Balaban J connectivity index is 0.00000190. The van der Waals surface area contributed by atoms with Crippen molar-refractivity contribution in [3.05, 3.63) is 44.0 Å². The zero-order valence-corrected chi connectivity index (χ0v) is 20.2. The normalized spacial score (nSPS) is 11.6. The lowest BCUT2D eigenvalue weighted by Crippen LogP contribution is -2.19. The first-order valence-electron chi connectivity index (χ1n) is 9.04. The maximum Gasteiger partial charge on any atom is 0.166 e. The Labute approximate surface area is 186 Å². The lowest BCUT2D eigenvalue weighted by atomic mass is 10.1. The fraction of sp³-hybridized carbons (Fsp3) is 0.450. The molecule has 2 rings (SSSR count). The second-order valence-electron chi connectivity index (χ2n) is 6.18. The largest absolute Gasteiger partial charge is 0.491 e. The Kier molecular flexibility index (Phi) is 10.4. The smallest absolute Gasteiger partial charge is 0.166 e. The first-order valence-corrected chi connectivity index (χ1v) is 10.6. The first-order chi connectivity index (χ1) is 13.2. The molecule has 0 aliphatic rings. The van der Waals surface area contributed by atoms with E-state index in [1.165, 1.54) is 0 Å². The highest BCUT2D eigenvalue weighted by Gasteiger charge is 2.22. The minimum absolute atomic E-state index is 0.294. The van der Waals surface area contributed by atoms with Gasteiger partial charge >= 0.3 is 0 Å². The molecule has 156 valence electrons. The molecule has 0 spiro atoms. The van der Waals surface area contributed by atoms with E-state index in [0.717, 1.165) is 16.6 Å². The molecule has 8 heteroatoms. The van der Waals surface area contributed by atoms with Crippen molar-refractivity contribution in [3.8, 4) is 11.5 Å². The summed E-state index contributed by atoms with van der Waals surface area (Å²) in [6, 6.07) is 3.59. The van der Waals surface area contributed by atoms with Crippen molar-refractivity contribution in [2.24, 2.45) is 0 Å². The number of benzene rings is 1. The van der Waals surface area contributed by atoms with Crippen molar-refractivity contribution in [2.45, 2.75) is 33.8 Å². The molecule has 2 N–H and O–H groups in total. The first kappa shape index (κ1) is 24.8. The molecule has 28 heavy (non-hydrogen) atoms. The average Bonchev–Trinajstić information content (AvgIpc) is 2.64. The van der Waals surface area contributed by atoms with Crippen LogP contribution in [-0.2, 0) is 0 Å². The molecule has 0 saturated heterocycles. The number of nitrogens with zero attached hydrogens (tertiary/aromatic N) is 2. The van der Waals surface area contributed by atoms with Gasteiger partial charge in [-0.3, -0.25) is 0 Å². The molecule has 1 heterocycles. The second kappa shape index (κ2) is 11.7. The predicted octanol–water partition coefficient (Wildman–Crippen LogP) is 6.15. The minimum atomic E-state index is -0.440. The van der Waals surface area contributed by atoms with Gasteiger partial charge in [0, 0.05) is 22.8 Å². The Morgan fingerprint density at radius 2 is 1.82 bits per heavy atom. The number of rotatable bonds is 7. The molecule has 1 aromatic carbocycles. The number of anilines is 1. The molecule has 0 amide bonds. The number of pyridine rings is 1. The summed E-state index contributed by atoms with van der Waals surface area (Å²) in [7, 11) is 3.96. The Bertz CT molecular complexity index is 789. The molecule has 1 unspecified atom stereocenters. The Morgan fingerprint density at radius 3 is 2.43 bits per heavy atom. The van der Waals surface area contributed by atoms with Crippen molar-refractivity contribution in [3.63, 3.8) is 0 Å². The highest BCUT2D eigenvalue weighted by molar-refractivity contribution is 9.10. The van der Waals surface area contributed by atoms with Gasteiger partial charge in [-0.05, 0) is 61.6 Å². The monoisotopic (exact) mass is 491 g/mol. The number of hydrogen-bond acceptors (Lipinski definition) is 5.